The van der Waals surface area contributed by atoms with Crippen LogP contribution in [0, 0.1) is 0 Å². The standard InChI is InChI=1S/C15H19N5O3/c1-22-8-7-20-15(17-18-19-20)16-14(21)13-5-3-10-9-11(23-2)4-6-12(10)13/h4,6,9,13H,3,5,7-8H2,1-2H3,(H,16,17,19,21). The van der Waals surface area contributed by atoms with Gasteiger partial charge in [-0.15, -0.1) is 0 Å². The van der Waals surface area contributed by atoms with E-state index in [1.165, 1.54) is 4.68 Å². The van der Waals surface area contributed by atoms with Crippen molar-refractivity contribution in [2.75, 3.05) is 26.1 Å². The fourth-order valence-corrected chi connectivity index (χ4v) is 2.81. The third-order valence-electron chi connectivity index (χ3n) is 4.02. The molecule has 8 nitrogen and oxygen atoms in total. The molecule has 1 atom stereocenters. The van der Waals surface area contributed by atoms with Crippen LogP contribution in [0.4, 0.5) is 5.95 Å². The molecule has 3 rings (SSSR count). The molecular formula is C15H19N5O3. The van der Waals surface area contributed by atoms with E-state index in [4.69, 9.17) is 9.47 Å². The van der Waals surface area contributed by atoms with Gasteiger partial charge in [0.1, 0.15) is 5.75 Å². The lowest BCUT2D eigenvalue weighted by molar-refractivity contribution is -0.117. The van der Waals surface area contributed by atoms with Crippen LogP contribution in [0.3, 0.4) is 0 Å². The molecule has 0 saturated carbocycles. The van der Waals surface area contributed by atoms with E-state index in [2.05, 4.69) is 20.8 Å². The zero-order valence-electron chi connectivity index (χ0n) is 13.2. The van der Waals surface area contributed by atoms with Crippen LogP contribution >= 0.6 is 0 Å². The molecule has 1 aliphatic carbocycles. The third-order valence-corrected chi connectivity index (χ3v) is 4.02. The van der Waals surface area contributed by atoms with Crippen LogP contribution in [-0.2, 0) is 22.5 Å². The number of aryl methyl sites for hydroxylation is 1. The van der Waals surface area contributed by atoms with E-state index >= 15 is 0 Å². The highest BCUT2D eigenvalue weighted by molar-refractivity contribution is 5.95. The van der Waals surface area contributed by atoms with Gasteiger partial charge in [-0.1, -0.05) is 11.2 Å². The zero-order chi connectivity index (χ0) is 16.2. The van der Waals surface area contributed by atoms with Crippen LogP contribution in [0.5, 0.6) is 5.75 Å². The van der Waals surface area contributed by atoms with Crippen LogP contribution in [0.15, 0.2) is 18.2 Å². The molecule has 23 heavy (non-hydrogen) atoms. The van der Waals surface area contributed by atoms with Crippen LogP contribution in [0.25, 0.3) is 0 Å². The zero-order valence-corrected chi connectivity index (χ0v) is 13.2. The molecule has 0 fully saturated rings. The van der Waals surface area contributed by atoms with Crippen molar-refractivity contribution in [3.05, 3.63) is 29.3 Å². The maximum atomic E-state index is 12.6. The Labute approximate surface area is 133 Å². The minimum absolute atomic E-state index is 0.0950. The molecule has 1 N–H and O–H groups in total. The molecule has 0 radical (unpaired) electrons. The van der Waals surface area contributed by atoms with Crippen LogP contribution in [0.2, 0.25) is 0 Å². The number of carbonyl (C=O) groups excluding carboxylic acids is 1. The first-order valence-electron chi connectivity index (χ1n) is 7.45. The topological polar surface area (TPSA) is 91.2 Å². The molecule has 1 heterocycles. The largest absolute Gasteiger partial charge is 0.497 e. The number of nitrogens with zero attached hydrogens (tertiary/aromatic N) is 4. The van der Waals surface area contributed by atoms with Gasteiger partial charge in [0.15, 0.2) is 0 Å². The Hall–Kier alpha value is -2.48. The average Bonchev–Trinajstić information content (AvgIpc) is 3.18. The van der Waals surface area contributed by atoms with Gasteiger partial charge in [0.25, 0.3) is 0 Å². The summed E-state index contributed by atoms with van der Waals surface area (Å²) >= 11 is 0. The Kier molecular flexibility index (Phi) is 4.52. The summed E-state index contributed by atoms with van der Waals surface area (Å²) in [4.78, 5) is 12.6. The number of benzene rings is 1. The summed E-state index contributed by atoms with van der Waals surface area (Å²) in [6.07, 6.45) is 1.63. The van der Waals surface area contributed by atoms with Gasteiger partial charge < -0.3 is 9.47 Å². The Morgan fingerprint density at radius 1 is 1.43 bits per heavy atom. The fraction of sp³-hybridized carbons (Fsp3) is 0.467. The van der Waals surface area contributed by atoms with E-state index < -0.39 is 0 Å². The molecule has 122 valence electrons. The third kappa shape index (κ3) is 3.16. The molecular weight excluding hydrogens is 298 g/mol. The highest BCUT2D eigenvalue weighted by Gasteiger charge is 2.29. The number of anilines is 1. The highest BCUT2D eigenvalue weighted by Crippen LogP contribution is 2.35. The van der Waals surface area contributed by atoms with Gasteiger partial charge in [-0.2, -0.15) is 0 Å². The number of fused-ring (bicyclic) bond motifs is 1. The van der Waals surface area contributed by atoms with Crippen LogP contribution in [-0.4, -0.2) is 46.9 Å². The second-order valence-corrected chi connectivity index (χ2v) is 5.36. The lowest BCUT2D eigenvalue weighted by Gasteiger charge is -2.12. The quantitative estimate of drug-likeness (QED) is 0.854. The molecule has 1 aliphatic rings. The summed E-state index contributed by atoms with van der Waals surface area (Å²) < 4.78 is 11.8. The van der Waals surface area contributed by atoms with Crippen molar-refractivity contribution < 1.29 is 14.3 Å². The van der Waals surface area contributed by atoms with Crippen molar-refractivity contribution in [3.63, 3.8) is 0 Å². The number of methoxy groups -OCH3 is 2. The average molecular weight is 317 g/mol. The van der Waals surface area contributed by atoms with Crippen molar-refractivity contribution in [2.45, 2.75) is 25.3 Å². The minimum Gasteiger partial charge on any atom is -0.497 e. The molecule has 1 aromatic carbocycles. The number of hydrogen-bond acceptors (Lipinski definition) is 6. The summed E-state index contributed by atoms with van der Waals surface area (Å²) in [7, 11) is 3.24. The van der Waals surface area contributed by atoms with E-state index in [1.807, 2.05) is 18.2 Å². The molecule has 0 bridgehead atoms. The number of tetrazole rings is 1. The first kappa shape index (κ1) is 15.4. The fourth-order valence-electron chi connectivity index (χ4n) is 2.81. The lowest BCUT2D eigenvalue weighted by Crippen LogP contribution is -2.22. The first-order chi connectivity index (χ1) is 11.2. The molecule has 8 heteroatoms. The van der Waals surface area contributed by atoms with Crippen LogP contribution < -0.4 is 10.1 Å². The van der Waals surface area contributed by atoms with E-state index in [9.17, 15) is 4.79 Å². The highest BCUT2D eigenvalue weighted by atomic mass is 16.5. The van der Waals surface area contributed by atoms with Gasteiger partial charge in [-0.25, -0.2) is 4.68 Å². The maximum Gasteiger partial charge on any atom is 0.249 e. The number of hydrogen-bond donors (Lipinski definition) is 1. The second-order valence-electron chi connectivity index (χ2n) is 5.36. The van der Waals surface area contributed by atoms with Gasteiger partial charge in [0.05, 0.1) is 26.2 Å². The number of aromatic nitrogens is 4. The number of rotatable bonds is 6. The SMILES string of the molecule is COCCn1nnnc1NC(=O)C1CCc2cc(OC)ccc21. The predicted molar refractivity (Wildman–Crippen MR) is 82.4 cm³/mol. The molecule has 0 spiro atoms. The Bertz CT molecular complexity index is 700. The number of ether oxygens (including phenoxy) is 2. The Balaban J connectivity index is 1.72. The van der Waals surface area contributed by atoms with Gasteiger partial charge in [0.2, 0.25) is 11.9 Å². The number of nitrogens with one attached hydrogen (secondary N) is 1. The van der Waals surface area contributed by atoms with Crippen molar-refractivity contribution in [1.29, 1.82) is 0 Å². The normalized spacial score (nSPS) is 16.2. The van der Waals surface area contributed by atoms with E-state index in [0.29, 0.717) is 19.1 Å². The summed E-state index contributed by atoms with van der Waals surface area (Å²) in [5.41, 5.74) is 2.20. The van der Waals surface area contributed by atoms with Crippen molar-refractivity contribution in [3.8, 4) is 5.75 Å². The van der Waals surface area contributed by atoms with E-state index in [0.717, 1.165) is 29.7 Å². The van der Waals surface area contributed by atoms with Gasteiger partial charge in [-0.3, -0.25) is 10.1 Å². The van der Waals surface area contributed by atoms with Crippen molar-refractivity contribution >= 4 is 11.9 Å². The molecule has 1 amide bonds. The van der Waals surface area contributed by atoms with E-state index in [1.54, 1.807) is 14.2 Å². The molecule has 0 aliphatic heterocycles. The minimum atomic E-state index is -0.191. The Morgan fingerprint density at radius 3 is 3.09 bits per heavy atom. The lowest BCUT2D eigenvalue weighted by atomic mass is 10.0. The van der Waals surface area contributed by atoms with Gasteiger partial charge >= 0.3 is 0 Å². The van der Waals surface area contributed by atoms with Gasteiger partial charge in [0, 0.05) is 7.11 Å². The predicted octanol–water partition coefficient (Wildman–Crippen LogP) is 0.997. The first-order valence-corrected chi connectivity index (χ1v) is 7.45. The Morgan fingerprint density at radius 2 is 2.30 bits per heavy atom. The molecule has 1 unspecified atom stereocenters. The monoisotopic (exact) mass is 317 g/mol. The van der Waals surface area contributed by atoms with Crippen molar-refractivity contribution in [2.24, 2.45) is 0 Å². The number of carbonyl (C=O) groups is 1. The maximum absolute atomic E-state index is 12.6. The summed E-state index contributed by atoms with van der Waals surface area (Å²) in [5, 5.41) is 14.1. The molecule has 1 aromatic heterocycles. The van der Waals surface area contributed by atoms with Crippen LogP contribution in [0.1, 0.15) is 23.5 Å². The summed E-state index contributed by atoms with van der Waals surface area (Å²) in [6, 6.07) is 5.83. The summed E-state index contributed by atoms with van der Waals surface area (Å²) in [6.45, 7) is 0.956. The molecule has 0 saturated heterocycles. The summed E-state index contributed by atoms with van der Waals surface area (Å²) in [5.74, 6) is 0.869. The number of amides is 1. The second kappa shape index (κ2) is 6.74. The smallest absolute Gasteiger partial charge is 0.249 e. The van der Waals surface area contributed by atoms with E-state index in [-0.39, 0.29) is 11.8 Å². The molecule has 2 aromatic rings. The van der Waals surface area contributed by atoms with Crippen molar-refractivity contribution in [1.82, 2.24) is 20.2 Å². The van der Waals surface area contributed by atoms with Gasteiger partial charge in [-0.05, 0) is 46.5 Å².